The molecular weight excluding hydrogens is 713 g/mol. The number of methoxy groups -OCH3 is 2. The van der Waals surface area contributed by atoms with Crippen molar-refractivity contribution in [3.05, 3.63) is 83.8 Å². The highest BCUT2D eigenvalue weighted by Crippen LogP contribution is 2.34. The lowest BCUT2D eigenvalue weighted by Crippen LogP contribution is -2.51. The molecule has 6 rings (SSSR count). The van der Waals surface area contributed by atoms with E-state index in [1.165, 1.54) is 14.2 Å². The van der Waals surface area contributed by atoms with E-state index in [0.717, 1.165) is 59.5 Å². The lowest BCUT2D eigenvalue weighted by molar-refractivity contribution is -0.136. The molecular formula is C42H50N8O6. The highest BCUT2D eigenvalue weighted by molar-refractivity contribution is 5.87. The van der Waals surface area contributed by atoms with Crippen molar-refractivity contribution in [1.82, 2.24) is 40.4 Å². The normalized spacial score (nSPS) is 17.6. The van der Waals surface area contributed by atoms with Crippen molar-refractivity contribution in [2.45, 2.75) is 77.5 Å². The Bertz CT molecular complexity index is 2080. The van der Waals surface area contributed by atoms with Crippen molar-refractivity contribution in [2.75, 3.05) is 27.3 Å². The largest absolute Gasteiger partial charge is 0.453 e. The van der Waals surface area contributed by atoms with Crippen LogP contribution in [-0.2, 0) is 19.1 Å². The number of nitrogens with one attached hydrogen (secondary N) is 4. The van der Waals surface area contributed by atoms with Gasteiger partial charge in [-0.05, 0) is 72.3 Å². The van der Waals surface area contributed by atoms with Gasteiger partial charge in [0.15, 0.2) is 0 Å². The first-order valence-electron chi connectivity index (χ1n) is 19.1. The number of amides is 4. The number of alkyl carbamates (subject to hydrolysis) is 2. The number of carbonyl (C=O) groups is 4. The van der Waals surface area contributed by atoms with Gasteiger partial charge < -0.3 is 39.9 Å². The summed E-state index contributed by atoms with van der Waals surface area (Å²) < 4.78 is 9.48. The first kappa shape index (κ1) is 39.6. The second-order valence-corrected chi connectivity index (χ2v) is 14.9. The quantitative estimate of drug-likeness (QED) is 0.143. The number of ether oxygens (including phenoxy) is 2. The third-order valence-electron chi connectivity index (χ3n) is 10.4. The van der Waals surface area contributed by atoms with Crippen LogP contribution in [0.25, 0.3) is 22.4 Å². The third-order valence-corrected chi connectivity index (χ3v) is 10.4. The van der Waals surface area contributed by atoms with Gasteiger partial charge in [-0.25, -0.2) is 19.6 Å². The van der Waals surface area contributed by atoms with Gasteiger partial charge in [-0.2, -0.15) is 0 Å². The number of hydrogen-bond acceptors (Lipinski definition) is 8. The topological polar surface area (TPSA) is 175 Å². The zero-order valence-electron chi connectivity index (χ0n) is 32.7. The van der Waals surface area contributed by atoms with Gasteiger partial charge in [0.25, 0.3) is 0 Å². The Hall–Kier alpha value is -6.10. The molecule has 0 saturated carbocycles. The van der Waals surface area contributed by atoms with Gasteiger partial charge >= 0.3 is 12.2 Å². The Balaban J connectivity index is 1.08. The van der Waals surface area contributed by atoms with E-state index in [4.69, 9.17) is 9.47 Å². The maximum absolute atomic E-state index is 13.5. The number of nitrogens with zero attached hydrogens (tertiary/aromatic N) is 4. The molecule has 2 saturated heterocycles. The molecule has 4 amide bonds. The molecule has 2 aliphatic heterocycles. The molecule has 0 bridgehead atoms. The van der Waals surface area contributed by atoms with E-state index in [2.05, 4.69) is 54.5 Å². The van der Waals surface area contributed by atoms with Crippen LogP contribution in [-0.4, -0.2) is 93.1 Å². The lowest BCUT2D eigenvalue weighted by Gasteiger charge is -2.30. The molecule has 14 nitrogen and oxygen atoms in total. The Morgan fingerprint density at radius 2 is 1.14 bits per heavy atom. The summed E-state index contributed by atoms with van der Waals surface area (Å²) in [5, 5.41) is 5.37. The van der Waals surface area contributed by atoms with Crippen molar-refractivity contribution in [1.29, 1.82) is 0 Å². The molecule has 2 aromatic heterocycles. The van der Waals surface area contributed by atoms with Crippen LogP contribution in [0.4, 0.5) is 9.59 Å². The van der Waals surface area contributed by atoms with E-state index in [9.17, 15) is 19.2 Å². The second kappa shape index (κ2) is 17.6. The van der Waals surface area contributed by atoms with Gasteiger partial charge in [0.05, 0.1) is 44.4 Å². The summed E-state index contributed by atoms with van der Waals surface area (Å²) in [5.74, 6) is 7.25. The fourth-order valence-electron chi connectivity index (χ4n) is 7.34. The van der Waals surface area contributed by atoms with E-state index in [-0.39, 0.29) is 35.7 Å². The second-order valence-electron chi connectivity index (χ2n) is 14.9. The number of hydrogen-bond donors (Lipinski definition) is 4. The standard InChI is InChI=1S/C42H50N8O6/c1-25(2)35(47-41(53)55-5)39(51)49-21-7-9-33(49)37-43-23-31(45-37)20-13-27-11-14-28(15-12-27)29-16-18-30(19-17-29)32-24-44-38(46-32)34-10-8-22-50(34)40(52)36(26(3)4)48-42(54)56-6/h11-12,14-19,23-26,33-36H,7-10,21-22H2,1-6H3,(H,43,45)(H,44,46)(H,47,53)(H,48,54)/t33-,34-,35-,36?/m0/s1. The molecule has 2 fully saturated rings. The summed E-state index contributed by atoms with van der Waals surface area (Å²) in [6.07, 6.45) is 5.45. The molecule has 2 aromatic carbocycles. The fraction of sp³-hybridized carbons (Fsp3) is 0.429. The third kappa shape index (κ3) is 8.88. The number of imidazole rings is 2. The number of aromatic amines is 2. The number of aromatic nitrogens is 4. The molecule has 14 heteroatoms. The van der Waals surface area contributed by atoms with E-state index in [1.54, 1.807) is 22.2 Å². The minimum atomic E-state index is -0.695. The number of H-pyrrole nitrogens is 2. The van der Waals surface area contributed by atoms with Crippen LogP contribution >= 0.6 is 0 Å². The molecule has 0 radical (unpaired) electrons. The van der Waals surface area contributed by atoms with E-state index < -0.39 is 24.3 Å². The highest BCUT2D eigenvalue weighted by atomic mass is 16.5. The summed E-state index contributed by atoms with van der Waals surface area (Å²) in [5.41, 5.74) is 5.42. The molecule has 4 aromatic rings. The van der Waals surface area contributed by atoms with E-state index >= 15 is 0 Å². The number of rotatable bonds is 10. The predicted octanol–water partition coefficient (Wildman–Crippen LogP) is 5.95. The monoisotopic (exact) mass is 762 g/mol. The van der Waals surface area contributed by atoms with Gasteiger partial charge in [0.1, 0.15) is 29.4 Å². The molecule has 0 aliphatic carbocycles. The van der Waals surface area contributed by atoms with Crippen molar-refractivity contribution in [3.8, 4) is 34.2 Å². The van der Waals surface area contributed by atoms with Crippen LogP contribution < -0.4 is 10.6 Å². The van der Waals surface area contributed by atoms with Crippen molar-refractivity contribution < 1.29 is 28.7 Å². The molecule has 4 N–H and O–H groups in total. The Morgan fingerprint density at radius 3 is 1.64 bits per heavy atom. The average molecular weight is 763 g/mol. The maximum atomic E-state index is 13.5. The van der Waals surface area contributed by atoms with Crippen LogP contribution in [0.5, 0.6) is 0 Å². The first-order chi connectivity index (χ1) is 27.0. The zero-order chi connectivity index (χ0) is 39.9. The summed E-state index contributed by atoms with van der Waals surface area (Å²) in [4.78, 5) is 70.3. The van der Waals surface area contributed by atoms with E-state index in [1.807, 2.05) is 64.1 Å². The molecule has 56 heavy (non-hydrogen) atoms. The molecule has 1 unspecified atom stereocenters. The highest BCUT2D eigenvalue weighted by Gasteiger charge is 2.39. The van der Waals surface area contributed by atoms with Crippen LogP contribution in [0.2, 0.25) is 0 Å². The van der Waals surface area contributed by atoms with Gasteiger partial charge in [0.2, 0.25) is 11.8 Å². The average Bonchev–Trinajstić information content (AvgIpc) is 4.04. The molecule has 2 aliphatic rings. The maximum Gasteiger partial charge on any atom is 0.407 e. The predicted molar refractivity (Wildman–Crippen MR) is 210 cm³/mol. The van der Waals surface area contributed by atoms with Gasteiger partial charge in [-0.15, -0.1) is 0 Å². The van der Waals surface area contributed by atoms with Crippen LogP contribution in [0.3, 0.4) is 0 Å². The summed E-state index contributed by atoms with van der Waals surface area (Å²) in [6, 6.07) is 14.4. The lowest BCUT2D eigenvalue weighted by atomic mass is 10.0. The molecule has 4 heterocycles. The van der Waals surface area contributed by atoms with Crippen molar-refractivity contribution >= 4 is 24.0 Å². The number of likely N-dealkylation sites (tertiary alicyclic amines) is 2. The Labute approximate surface area is 327 Å². The number of benzene rings is 2. The molecule has 294 valence electrons. The van der Waals surface area contributed by atoms with Crippen LogP contribution in [0, 0.1) is 23.7 Å². The number of carbonyl (C=O) groups excluding carboxylic acids is 4. The smallest absolute Gasteiger partial charge is 0.407 e. The van der Waals surface area contributed by atoms with Crippen molar-refractivity contribution in [3.63, 3.8) is 0 Å². The summed E-state index contributed by atoms with van der Waals surface area (Å²) in [7, 11) is 2.57. The van der Waals surface area contributed by atoms with Crippen LogP contribution in [0.1, 0.15) is 88.4 Å². The SMILES string of the molecule is COC(=O)NC(C(=O)N1CCC[C@H]1c1ncc(-c2ccc(-c3ccc(C#Cc4cnc([C@@H]5CCCN5C(=O)[C@@H](NC(=O)OC)C(C)C)[nH]4)cc3)cc2)[nH]1)C(C)C. The van der Waals surface area contributed by atoms with Gasteiger partial charge in [-0.3, -0.25) is 9.59 Å². The first-order valence-corrected chi connectivity index (χ1v) is 19.1. The molecule has 4 atom stereocenters. The van der Waals surface area contributed by atoms with Gasteiger partial charge in [-0.1, -0.05) is 70.0 Å². The minimum absolute atomic E-state index is 0.105. The fourth-order valence-corrected chi connectivity index (χ4v) is 7.34. The minimum Gasteiger partial charge on any atom is -0.453 e. The summed E-state index contributed by atoms with van der Waals surface area (Å²) >= 11 is 0. The summed E-state index contributed by atoms with van der Waals surface area (Å²) in [6.45, 7) is 8.75. The van der Waals surface area contributed by atoms with Gasteiger partial charge in [0, 0.05) is 18.7 Å². The Morgan fingerprint density at radius 1 is 0.679 bits per heavy atom. The zero-order valence-corrected chi connectivity index (χ0v) is 32.7. The molecule has 0 spiro atoms. The van der Waals surface area contributed by atoms with Crippen LogP contribution in [0.15, 0.2) is 60.9 Å². The van der Waals surface area contributed by atoms with Crippen molar-refractivity contribution in [2.24, 2.45) is 11.8 Å². The Kier molecular flexibility index (Phi) is 12.4. The van der Waals surface area contributed by atoms with E-state index in [0.29, 0.717) is 24.6 Å².